The summed E-state index contributed by atoms with van der Waals surface area (Å²) in [7, 11) is 3.43. The number of carbonyl (C=O) groups is 1. The molecule has 1 aliphatic heterocycles. The fraction of sp³-hybridized carbons (Fsp3) is 0.250. The van der Waals surface area contributed by atoms with Crippen molar-refractivity contribution in [3.8, 4) is 5.75 Å². The number of carbonyl (C=O) groups excluding carboxylic acids is 1. The van der Waals surface area contributed by atoms with Gasteiger partial charge in [-0.15, -0.1) is 0 Å². The van der Waals surface area contributed by atoms with Gasteiger partial charge in [0.05, 0.1) is 31.2 Å². The molecular weight excluding hydrogens is 378 g/mol. The van der Waals surface area contributed by atoms with Gasteiger partial charge >= 0.3 is 5.97 Å². The van der Waals surface area contributed by atoms with Crippen LogP contribution in [-0.4, -0.2) is 38.3 Å². The summed E-state index contributed by atoms with van der Waals surface area (Å²) in [4.78, 5) is 18.2. The van der Waals surface area contributed by atoms with Crippen molar-refractivity contribution in [1.29, 1.82) is 0 Å². The van der Waals surface area contributed by atoms with Crippen LogP contribution in [0.4, 0.5) is 17.1 Å². The van der Waals surface area contributed by atoms with Crippen LogP contribution in [0.25, 0.3) is 0 Å². The third-order valence-electron chi connectivity index (χ3n) is 5.45. The molecule has 2 aromatic carbocycles. The average Bonchev–Trinajstić information content (AvgIpc) is 3.19. The van der Waals surface area contributed by atoms with Crippen LogP contribution in [0, 0.1) is 6.92 Å². The lowest BCUT2D eigenvalue weighted by molar-refractivity contribution is 0.0601. The van der Waals surface area contributed by atoms with Gasteiger partial charge in [-0.25, -0.2) is 4.79 Å². The highest BCUT2D eigenvalue weighted by molar-refractivity contribution is 5.95. The molecule has 0 saturated heterocycles. The Kier molecular flexibility index (Phi) is 5.57. The minimum Gasteiger partial charge on any atom is -0.493 e. The molecular formula is C24H25N3O3. The molecule has 0 spiro atoms. The molecule has 2 heterocycles. The number of hydrogen-bond acceptors (Lipinski definition) is 6. The summed E-state index contributed by atoms with van der Waals surface area (Å²) in [5.41, 5.74) is 5.74. The summed E-state index contributed by atoms with van der Waals surface area (Å²) in [5, 5.41) is 3.33. The molecule has 1 aliphatic rings. The molecule has 0 aliphatic carbocycles. The van der Waals surface area contributed by atoms with E-state index in [0.717, 1.165) is 22.7 Å². The molecule has 30 heavy (non-hydrogen) atoms. The van der Waals surface area contributed by atoms with Crippen LogP contribution < -0.4 is 15.0 Å². The zero-order valence-corrected chi connectivity index (χ0v) is 17.4. The monoisotopic (exact) mass is 403 g/mol. The Labute approximate surface area is 176 Å². The first-order chi connectivity index (χ1) is 14.6. The molecule has 0 bridgehead atoms. The van der Waals surface area contributed by atoms with E-state index in [0.29, 0.717) is 24.4 Å². The Balaban J connectivity index is 1.48. The molecule has 1 atom stereocenters. The van der Waals surface area contributed by atoms with Crippen LogP contribution in [0.3, 0.4) is 0 Å². The van der Waals surface area contributed by atoms with Gasteiger partial charge in [-0.1, -0.05) is 23.8 Å². The van der Waals surface area contributed by atoms with Crippen molar-refractivity contribution >= 4 is 23.0 Å². The maximum atomic E-state index is 11.9. The van der Waals surface area contributed by atoms with Gasteiger partial charge in [0.15, 0.2) is 0 Å². The number of hydrogen-bond donors (Lipinski definition) is 1. The average molecular weight is 403 g/mol. The molecule has 0 amide bonds. The molecule has 3 aromatic rings. The van der Waals surface area contributed by atoms with Crippen LogP contribution in [0.15, 0.2) is 60.9 Å². The zero-order valence-electron chi connectivity index (χ0n) is 17.4. The first-order valence-electron chi connectivity index (χ1n) is 9.90. The van der Waals surface area contributed by atoms with Gasteiger partial charge in [-0.3, -0.25) is 4.98 Å². The topological polar surface area (TPSA) is 63.7 Å². The first-order valence-corrected chi connectivity index (χ1v) is 9.90. The SMILES string of the molecule is COC(=O)c1ccncc1NCC1COc2cc(N(C)c3ccc(C)cc3)ccc21. The summed E-state index contributed by atoms with van der Waals surface area (Å²) < 4.78 is 10.8. The van der Waals surface area contributed by atoms with Crippen LogP contribution in [0.1, 0.15) is 27.4 Å². The maximum absolute atomic E-state index is 11.9. The quantitative estimate of drug-likeness (QED) is 0.610. The molecule has 0 fully saturated rings. The number of fused-ring (bicyclic) bond motifs is 1. The van der Waals surface area contributed by atoms with E-state index in [-0.39, 0.29) is 11.9 Å². The predicted octanol–water partition coefficient (Wildman–Crippen LogP) is 4.53. The van der Waals surface area contributed by atoms with Gasteiger partial charge in [0.25, 0.3) is 0 Å². The Bertz CT molecular complexity index is 1050. The van der Waals surface area contributed by atoms with E-state index in [1.165, 1.54) is 12.7 Å². The van der Waals surface area contributed by atoms with Gasteiger partial charge in [-0.05, 0) is 31.2 Å². The van der Waals surface area contributed by atoms with E-state index in [1.54, 1.807) is 18.5 Å². The fourth-order valence-corrected chi connectivity index (χ4v) is 3.62. The summed E-state index contributed by atoms with van der Waals surface area (Å²) in [5.74, 6) is 0.703. The zero-order chi connectivity index (χ0) is 21.1. The lowest BCUT2D eigenvalue weighted by Gasteiger charge is -2.20. The normalized spacial score (nSPS) is 14.6. The number of methoxy groups -OCH3 is 1. The highest BCUT2D eigenvalue weighted by atomic mass is 16.5. The highest BCUT2D eigenvalue weighted by Crippen LogP contribution is 2.38. The standard InChI is InChI=1S/C24H25N3O3/c1-16-4-6-18(7-5-16)27(2)19-8-9-20-17(15-30-23(20)12-19)13-26-22-14-25-11-10-21(22)24(28)29-3/h4-12,14,17,26H,13,15H2,1-3H3. The number of ether oxygens (including phenoxy) is 2. The third-order valence-corrected chi connectivity index (χ3v) is 5.45. The number of aromatic nitrogens is 1. The second-order valence-corrected chi connectivity index (χ2v) is 7.42. The molecule has 4 rings (SSSR count). The Morgan fingerprint density at radius 3 is 2.73 bits per heavy atom. The lowest BCUT2D eigenvalue weighted by Crippen LogP contribution is -2.16. The molecule has 1 N–H and O–H groups in total. The Morgan fingerprint density at radius 1 is 1.20 bits per heavy atom. The summed E-state index contributed by atoms with van der Waals surface area (Å²) in [6, 6.07) is 16.4. The summed E-state index contributed by atoms with van der Waals surface area (Å²) >= 11 is 0. The number of anilines is 3. The van der Waals surface area contributed by atoms with Crippen LogP contribution in [0.5, 0.6) is 5.75 Å². The van der Waals surface area contributed by atoms with E-state index >= 15 is 0 Å². The van der Waals surface area contributed by atoms with Gasteiger partial charge in [0, 0.05) is 48.7 Å². The number of pyridine rings is 1. The van der Waals surface area contributed by atoms with Gasteiger partial charge < -0.3 is 19.7 Å². The second-order valence-electron chi connectivity index (χ2n) is 7.42. The van der Waals surface area contributed by atoms with Crippen molar-refractivity contribution in [2.45, 2.75) is 12.8 Å². The van der Waals surface area contributed by atoms with Gasteiger partial charge in [0.1, 0.15) is 5.75 Å². The van der Waals surface area contributed by atoms with Crippen LogP contribution in [-0.2, 0) is 4.74 Å². The van der Waals surface area contributed by atoms with Crippen LogP contribution >= 0.6 is 0 Å². The van der Waals surface area contributed by atoms with Crippen molar-refractivity contribution in [2.24, 2.45) is 0 Å². The predicted molar refractivity (Wildman–Crippen MR) is 118 cm³/mol. The third kappa shape index (κ3) is 3.94. The Hall–Kier alpha value is -3.54. The number of nitrogens with one attached hydrogen (secondary N) is 1. The van der Waals surface area contributed by atoms with Crippen molar-refractivity contribution in [1.82, 2.24) is 4.98 Å². The molecule has 6 heteroatoms. The van der Waals surface area contributed by atoms with E-state index < -0.39 is 0 Å². The fourth-order valence-electron chi connectivity index (χ4n) is 3.62. The minimum absolute atomic E-state index is 0.185. The van der Waals surface area contributed by atoms with E-state index in [9.17, 15) is 4.79 Å². The largest absolute Gasteiger partial charge is 0.493 e. The number of rotatable bonds is 6. The number of benzene rings is 2. The smallest absolute Gasteiger partial charge is 0.340 e. The number of esters is 1. The van der Waals surface area contributed by atoms with E-state index in [2.05, 4.69) is 71.6 Å². The summed E-state index contributed by atoms with van der Waals surface area (Å²) in [6.45, 7) is 3.31. The maximum Gasteiger partial charge on any atom is 0.340 e. The van der Waals surface area contributed by atoms with Crippen molar-refractivity contribution in [3.63, 3.8) is 0 Å². The molecule has 154 valence electrons. The van der Waals surface area contributed by atoms with Gasteiger partial charge in [-0.2, -0.15) is 0 Å². The lowest BCUT2D eigenvalue weighted by atomic mass is 10.0. The van der Waals surface area contributed by atoms with Crippen LogP contribution in [0.2, 0.25) is 0 Å². The van der Waals surface area contributed by atoms with Crippen molar-refractivity contribution in [2.75, 3.05) is 37.5 Å². The number of aryl methyl sites for hydroxylation is 1. The molecule has 0 saturated carbocycles. The summed E-state index contributed by atoms with van der Waals surface area (Å²) in [6.07, 6.45) is 3.22. The molecule has 1 aromatic heterocycles. The molecule has 6 nitrogen and oxygen atoms in total. The second kappa shape index (κ2) is 8.45. The Morgan fingerprint density at radius 2 is 1.97 bits per heavy atom. The minimum atomic E-state index is -0.383. The van der Waals surface area contributed by atoms with Crippen molar-refractivity contribution in [3.05, 3.63) is 77.6 Å². The highest BCUT2D eigenvalue weighted by Gasteiger charge is 2.25. The van der Waals surface area contributed by atoms with E-state index in [4.69, 9.17) is 9.47 Å². The molecule has 0 radical (unpaired) electrons. The van der Waals surface area contributed by atoms with Crippen molar-refractivity contribution < 1.29 is 14.3 Å². The number of nitrogens with zero attached hydrogens (tertiary/aromatic N) is 2. The van der Waals surface area contributed by atoms with E-state index in [1.807, 2.05) is 0 Å². The first kappa shape index (κ1) is 19.8. The molecule has 1 unspecified atom stereocenters. The van der Waals surface area contributed by atoms with Gasteiger partial charge in [0.2, 0.25) is 0 Å².